The van der Waals surface area contributed by atoms with Gasteiger partial charge in [-0.3, -0.25) is 5.41 Å². The van der Waals surface area contributed by atoms with Crippen molar-refractivity contribution >= 4 is 5.84 Å². The Bertz CT molecular complexity index is 128. The fraction of sp³-hybridized carbons (Fsp3) is 0.900. The van der Waals surface area contributed by atoms with Crippen molar-refractivity contribution in [2.45, 2.75) is 39.5 Å². The van der Waals surface area contributed by atoms with E-state index in [9.17, 15) is 0 Å². The lowest BCUT2D eigenvalue weighted by Crippen LogP contribution is -2.20. The van der Waals surface area contributed by atoms with Crippen LogP contribution in [0.25, 0.3) is 0 Å². The number of unbranched alkanes of at least 4 members (excludes halogenated alkanes) is 1. The maximum atomic E-state index is 7.56. The molecule has 0 aliphatic carbocycles. The molecule has 0 aromatic heterocycles. The predicted octanol–water partition coefficient (Wildman–Crippen LogP) is 2.74. The fourth-order valence-electron chi connectivity index (χ4n) is 1.07. The number of amidine groups is 1. The molecule has 12 heavy (non-hydrogen) atoms. The van der Waals surface area contributed by atoms with Gasteiger partial charge in [0.2, 0.25) is 0 Å². The fourth-order valence-corrected chi connectivity index (χ4v) is 1.07. The molecule has 0 saturated heterocycles. The van der Waals surface area contributed by atoms with Crippen molar-refractivity contribution in [3.63, 3.8) is 0 Å². The van der Waals surface area contributed by atoms with Crippen molar-refractivity contribution in [2.75, 3.05) is 14.1 Å². The van der Waals surface area contributed by atoms with E-state index in [0.29, 0.717) is 0 Å². The summed E-state index contributed by atoms with van der Waals surface area (Å²) in [6, 6.07) is 0. The Hall–Kier alpha value is -0.530. The van der Waals surface area contributed by atoms with E-state index in [-0.39, 0.29) is 0 Å². The molecular weight excluding hydrogens is 148 g/mol. The van der Waals surface area contributed by atoms with E-state index in [1.807, 2.05) is 19.0 Å². The molecule has 0 aromatic carbocycles. The first-order valence-electron chi connectivity index (χ1n) is 4.78. The zero-order chi connectivity index (χ0) is 9.56. The Morgan fingerprint density at radius 3 is 2.25 bits per heavy atom. The van der Waals surface area contributed by atoms with Crippen LogP contribution in [-0.2, 0) is 0 Å². The maximum absolute atomic E-state index is 7.56. The van der Waals surface area contributed by atoms with Gasteiger partial charge < -0.3 is 4.90 Å². The van der Waals surface area contributed by atoms with Crippen LogP contribution in [0.3, 0.4) is 0 Å². The van der Waals surface area contributed by atoms with Crippen LogP contribution >= 0.6 is 0 Å². The zero-order valence-corrected chi connectivity index (χ0v) is 8.85. The summed E-state index contributed by atoms with van der Waals surface area (Å²) in [5, 5.41) is 7.56. The van der Waals surface area contributed by atoms with Crippen LogP contribution in [0.4, 0.5) is 0 Å². The highest BCUT2D eigenvalue weighted by Gasteiger charge is 1.99. The Kier molecular flexibility index (Phi) is 5.77. The quantitative estimate of drug-likeness (QED) is 0.383. The van der Waals surface area contributed by atoms with Gasteiger partial charge >= 0.3 is 0 Å². The Balaban J connectivity index is 3.26. The molecule has 0 atom stereocenters. The summed E-state index contributed by atoms with van der Waals surface area (Å²) in [6.07, 6.45) is 4.64. The van der Waals surface area contributed by atoms with Crippen molar-refractivity contribution in [3.05, 3.63) is 0 Å². The molecule has 0 saturated carbocycles. The zero-order valence-electron chi connectivity index (χ0n) is 8.85. The van der Waals surface area contributed by atoms with Crippen molar-refractivity contribution in [2.24, 2.45) is 5.92 Å². The second-order valence-electron chi connectivity index (χ2n) is 3.98. The van der Waals surface area contributed by atoms with Gasteiger partial charge in [0.05, 0.1) is 5.84 Å². The van der Waals surface area contributed by atoms with Crippen LogP contribution in [0, 0.1) is 11.3 Å². The number of rotatable bonds is 5. The molecule has 0 aromatic rings. The molecule has 72 valence electrons. The smallest absolute Gasteiger partial charge is 0.0952 e. The molecule has 2 heteroatoms. The Labute approximate surface area is 76.5 Å². The van der Waals surface area contributed by atoms with E-state index in [0.717, 1.165) is 24.6 Å². The average molecular weight is 170 g/mol. The van der Waals surface area contributed by atoms with Crippen LogP contribution in [0.1, 0.15) is 39.5 Å². The minimum atomic E-state index is 0.749. The first-order valence-corrected chi connectivity index (χ1v) is 4.78. The summed E-state index contributed by atoms with van der Waals surface area (Å²) in [4.78, 5) is 1.88. The Morgan fingerprint density at radius 2 is 1.83 bits per heavy atom. The molecule has 0 spiro atoms. The normalized spacial score (nSPS) is 10.4. The van der Waals surface area contributed by atoms with E-state index in [1.165, 1.54) is 12.8 Å². The van der Waals surface area contributed by atoms with Crippen LogP contribution in [0.5, 0.6) is 0 Å². The highest BCUT2D eigenvalue weighted by Crippen LogP contribution is 2.08. The molecule has 0 amide bonds. The number of nitrogens with one attached hydrogen (secondary N) is 1. The van der Waals surface area contributed by atoms with E-state index >= 15 is 0 Å². The first-order chi connectivity index (χ1) is 5.54. The van der Waals surface area contributed by atoms with Gasteiger partial charge in [-0.2, -0.15) is 0 Å². The summed E-state index contributed by atoms with van der Waals surface area (Å²) in [5.41, 5.74) is 0. The lowest BCUT2D eigenvalue weighted by molar-refractivity contribution is 0.529. The highest BCUT2D eigenvalue weighted by molar-refractivity contribution is 5.78. The summed E-state index contributed by atoms with van der Waals surface area (Å²) in [7, 11) is 3.87. The Morgan fingerprint density at radius 1 is 1.25 bits per heavy atom. The third-order valence-electron chi connectivity index (χ3n) is 1.98. The molecule has 0 fully saturated rings. The van der Waals surface area contributed by atoms with Gasteiger partial charge in [0.15, 0.2) is 0 Å². The topological polar surface area (TPSA) is 27.1 Å². The second-order valence-corrected chi connectivity index (χ2v) is 3.98. The molecule has 0 rings (SSSR count). The molecular formula is C10H22N2. The van der Waals surface area contributed by atoms with E-state index in [4.69, 9.17) is 5.41 Å². The minimum Gasteiger partial charge on any atom is -0.367 e. The minimum absolute atomic E-state index is 0.749. The van der Waals surface area contributed by atoms with Crippen molar-refractivity contribution in [3.8, 4) is 0 Å². The predicted molar refractivity (Wildman–Crippen MR) is 54.7 cm³/mol. The number of hydrogen-bond donors (Lipinski definition) is 1. The lowest BCUT2D eigenvalue weighted by atomic mass is 10.1. The van der Waals surface area contributed by atoms with Crippen LogP contribution in [-0.4, -0.2) is 24.8 Å². The largest absolute Gasteiger partial charge is 0.367 e. The van der Waals surface area contributed by atoms with Crippen LogP contribution in [0.2, 0.25) is 0 Å². The summed E-state index contributed by atoms with van der Waals surface area (Å²) in [5.74, 6) is 1.55. The summed E-state index contributed by atoms with van der Waals surface area (Å²) >= 11 is 0. The van der Waals surface area contributed by atoms with Gasteiger partial charge in [-0.1, -0.05) is 26.7 Å². The molecule has 0 unspecified atom stereocenters. The second kappa shape index (κ2) is 6.04. The van der Waals surface area contributed by atoms with Crippen LogP contribution < -0.4 is 0 Å². The molecule has 2 nitrogen and oxygen atoms in total. The number of nitrogens with zero attached hydrogens (tertiary/aromatic N) is 1. The third kappa shape index (κ3) is 6.20. The third-order valence-corrected chi connectivity index (χ3v) is 1.98. The van der Waals surface area contributed by atoms with Gasteiger partial charge in [-0.25, -0.2) is 0 Å². The highest BCUT2D eigenvalue weighted by atomic mass is 15.1. The summed E-state index contributed by atoms with van der Waals surface area (Å²) < 4.78 is 0. The van der Waals surface area contributed by atoms with Gasteiger partial charge in [0.25, 0.3) is 0 Å². The molecule has 0 radical (unpaired) electrons. The number of hydrogen-bond acceptors (Lipinski definition) is 1. The maximum Gasteiger partial charge on any atom is 0.0952 e. The van der Waals surface area contributed by atoms with Gasteiger partial charge in [0, 0.05) is 20.5 Å². The van der Waals surface area contributed by atoms with Crippen LogP contribution in [0.15, 0.2) is 0 Å². The van der Waals surface area contributed by atoms with E-state index in [1.54, 1.807) is 0 Å². The summed E-state index contributed by atoms with van der Waals surface area (Å²) in [6.45, 7) is 4.49. The monoisotopic (exact) mass is 170 g/mol. The van der Waals surface area contributed by atoms with Gasteiger partial charge in [0.1, 0.15) is 0 Å². The van der Waals surface area contributed by atoms with E-state index < -0.39 is 0 Å². The SMILES string of the molecule is CC(C)CCCCC(=N)N(C)C. The van der Waals surface area contributed by atoms with Crippen molar-refractivity contribution in [1.29, 1.82) is 5.41 Å². The lowest BCUT2D eigenvalue weighted by Gasteiger charge is -2.13. The standard InChI is InChI=1S/C10H22N2/c1-9(2)7-5-6-8-10(11)12(3)4/h9,11H,5-8H2,1-4H3. The van der Waals surface area contributed by atoms with E-state index in [2.05, 4.69) is 13.8 Å². The van der Waals surface area contributed by atoms with Crippen molar-refractivity contribution in [1.82, 2.24) is 4.90 Å². The average Bonchev–Trinajstić information content (AvgIpc) is 1.97. The van der Waals surface area contributed by atoms with Gasteiger partial charge in [-0.15, -0.1) is 0 Å². The molecule has 0 aliphatic heterocycles. The molecule has 1 N–H and O–H groups in total. The first kappa shape index (κ1) is 11.5. The van der Waals surface area contributed by atoms with Gasteiger partial charge in [-0.05, 0) is 12.3 Å². The molecule has 0 heterocycles. The van der Waals surface area contributed by atoms with Crippen molar-refractivity contribution < 1.29 is 0 Å². The molecule has 0 bridgehead atoms. The molecule has 0 aliphatic rings.